The van der Waals surface area contributed by atoms with Gasteiger partial charge in [0.2, 0.25) is 5.91 Å². The van der Waals surface area contributed by atoms with Gasteiger partial charge in [-0.15, -0.1) is 0 Å². The van der Waals surface area contributed by atoms with E-state index in [0.717, 1.165) is 6.29 Å². The van der Waals surface area contributed by atoms with E-state index >= 15 is 0 Å². The number of aldehydes is 1. The van der Waals surface area contributed by atoms with Crippen LogP contribution in [0.2, 0.25) is 0 Å². The summed E-state index contributed by atoms with van der Waals surface area (Å²) >= 11 is 0. The summed E-state index contributed by atoms with van der Waals surface area (Å²) in [5.41, 5.74) is 0.497. The summed E-state index contributed by atoms with van der Waals surface area (Å²) < 4.78 is 1.66. The highest BCUT2D eigenvalue weighted by Gasteiger charge is 2.05. The van der Waals surface area contributed by atoms with E-state index < -0.39 is 0 Å². The first-order valence-electron chi connectivity index (χ1n) is 4.30. The Labute approximate surface area is 82.3 Å². The molecule has 1 heterocycles. The Kier molecular flexibility index (Phi) is 3.39. The summed E-state index contributed by atoms with van der Waals surface area (Å²) in [6.07, 6.45) is 4.14. The first kappa shape index (κ1) is 10.4. The smallest absolute Gasteiger partial charge is 0.223 e. The fourth-order valence-electron chi connectivity index (χ4n) is 1.06. The molecule has 0 spiro atoms. The van der Waals surface area contributed by atoms with Gasteiger partial charge in [0, 0.05) is 27.1 Å². The Morgan fingerprint density at radius 3 is 2.93 bits per heavy atom. The highest BCUT2D eigenvalue weighted by atomic mass is 16.2. The van der Waals surface area contributed by atoms with Gasteiger partial charge in [-0.25, -0.2) is 4.98 Å². The zero-order valence-electron chi connectivity index (χ0n) is 8.30. The Morgan fingerprint density at radius 2 is 2.36 bits per heavy atom. The van der Waals surface area contributed by atoms with Gasteiger partial charge in [-0.05, 0) is 0 Å². The molecule has 0 unspecified atom stereocenters. The molecule has 0 N–H and O–H groups in total. The Hall–Kier alpha value is -1.65. The molecule has 1 aromatic heterocycles. The molecule has 0 aliphatic carbocycles. The number of amides is 1. The molecule has 5 heteroatoms. The fraction of sp³-hybridized carbons (Fsp3) is 0.444. The third-order valence-corrected chi connectivity index (χ3v) is 1.93. The van der Waals surface area contributed by atoms with Gasteiger partial charge in [-0.1, -0.05) is 0 Å². The zero-order chi connectivity index (χ0) is 10.6. The Bertz CT molecular complexity index is 331. The van der Waals surface area contributed by atoms with Crippen molar-refractivity contribution in [2.24, 2.45) is 0 Å². The second-order valence-corrected chi connectivity index (χ2v) is 3.17. The van der Waals surface area contributed by atoms with Crippen molar-refractivity contribution in [3.05, 3.63) is 18.2 Å². The fourth-order valence-corrected chi connectivity index (χ4v) is 1.06. The first-order chi connectivity index (χ1) is 6.65. The summed E-state index contributed by atoms with van der Waals surface area (Å²) in [6.45, 7) is 0.491. The van der Waals surface area contributed by atoms with Crippen LogP contribution >= 0.6 is 0 Å². The number of rotatable bonds is 4. The van der Waals surface area contributed by atoms with Crippen LogP contribution in [0.4, 0.5) is 0 Å². The average molecular weight is 195 g/mol. The van der Waals surface area contributed by atoms with Crippen LogP contribution in [0, 0.1) is 0 Å². The van der Waals surface area contributed by atoms with Gasteiger partial charge in [-0.3, -0.25) is 9.59 Å². The maximum atomic E-state index is 11.2. The van der Waals surface area contributed by atoms with E-state index in [2.05, 4.69) is 4.98 Å². The van der Waals surface area contributed by atoms with Crippen LogP contribution in [-0.4, -0.2) is 40.7 Å². The molecule has 0 saturated carbocycles. The summed E-state index contributed by atoms with van der Waals surface area (Å²) in [5, 5.41) is 0. The van der Waals surface area contributed by atoms with Crippen molar-refractivity contribution in [1.29, 1.82) is 0 Å². The highest BCUT2D eigenvalue weighted by Crippen LogP contribution is 1.98. The number of hydrogen-bond acceptors (Lipinski definition) is 3. The first-order valence-corrected chi connectivity index (χ1v) is 4.30. The van der Waals surface area contributed by atoms with Crippen LogP contribution in [0.15, 0.2) is 12.5 Å². The van der Waals surface area contributed by atoms with Gasteiger partial charge in [0.15, 0.2) is 6.29 Å². The number of aromatic nitrogens is 2. The van der Waals surface area contributed by atoms with E-state index in [1.54, 1.807) is 25.0 Å². The van der Waals surface area contributed by atoms with Crippen LogP contribution in [0.3, 0.4) is 0 Å². The maximum absolute atomic E-state index is 11.2. The van der Waals surface area contributed by atoms with Gasteiger partial charge in [0.1, 0.15) is 5.69 Å². The predicted molar refractivity (Wildman–Crippen MR) is 50.9 cm³/mol. The molecule has 0 atom stereocenters. The second-order valence-electron chi connectivity index (χ2n) is 3.17. The molecule has 0 saturated heterocycles. The van der Waals surface area contributed by atoms with Crippen molar-refractivity contribution in [2.45, 2.75) is 13.0 Å². The molecule has 0 bridgehead atoms. The van der Waals surface area contributed by atoms with Crippen LogP contribution in [0.25, 0.3) is 0 Å². The SMILES string of the molecule is CN(C)C(=O)CCn1cncc1C=O. The molecule has 5 nitrogen and oxygen atoms in total. The molecular weight excluding hydrogens is 182 g/mol. The minimum atomic E-state index is 0.0375. The molecule has 76 valence electrons. The van der Waals surface area contributed by atoms with E-state index in [1.165, 1.54) is 11.1 Å². The Balaban J connectivity index is 2.53. The van der Waals surface area contributed by atoms with Crippen LogP contribution in [0.5, 0.6) is 0 Å². The number of carbonyl (C=O) groups is 2. The van der Waals surface area contributed by atoms with Gasteiger partial charge in [0.05, 0.1) is 12.5 Å². The largest absolute Gasteiger partial charge is 0.349 e. The maximum Gasteiger partial charge on any atom is 0.223 e. The highest BCUT2D eigenvalue weighted by molar-refractivity contribution is 5.75. The number of carbonyl (C=O) groups excluding carboxylic acids is 2. The van der Waals surface area contributed by atoms with Crippen molar-refractivity contribution >= 4 is 12.2 Å². The lowest BCUT2D eigenvalue weighted by molar-refractivity contribution is -0.128. The molecule has 0 aromatic carbocycles. The predicted octanol–water partition coefficient (Wildman–Crippen LogP) is 0.174. The number of aryl methyl sites for hydroxylation is 1. The van der Waals surface area contributed by atoms with E-state index in [4.69, 9.17) is 0 Å². The monoisotopic (exact) mass is 195 g/mol. The van der Waals surface area contributed by atoms with Gasteiger partial charge in [0.25, 0.3) is 0 Å². The van der Waals surface area contributed by atoms with Crippen LogP contribution < -0.4 is 0 Å². The van der Waals surface area contributed by atoms with Gasteiger partial charge < -0.3 is 9.47 Å². The molecule has 14 heavy (non-hydrogen) atoms. The number of imidazole rings is 1. The van der Waals surface area contributed by atoms with E-state index in [9.17, 15) is 9.59 Å². The second kappa shape index (κ2) is 4.55. The summed E-state index contributed by atoms with van der Waals surface area (Å²) in [7, 11) is 3.41. The number of hydrogen-bond donors (Lipinski definition) is 0. The minimum absolute atomic E-state index is 0.0375. The van der Waals surface area contributed by atoms with Gasteiger partial charge in [-0.2, -0.15) is 0 Å². The Morgan fingerprint density at radius 1 is 1.64 bits per heavy atom. The average Bonchev–Trinajstić information content (AvgIpc) is 2.60. The molecule has 0 aliphatic rings. The third kappa shape index (κ3) is 2.42. The van der Waals surface area contributed by atoms with E-state index in [0.29, 0.717) is 18.7 Å². The third-order valence-electron chi connectivity index (χ3n) is 1.93. The van der Waals surface area contributed by atoms with Gasteiger partial charge >= 0.3 is 0 Å². The molecule has 1 amide bonds. The topological polar surface area (TPSA) is 55.2 Å². The van der Waals surface area contributed by atoms with Crippen LogP contribution in [-0.2, 0) is 11.3 Å². The zero-order valence-corrected chi connectivity index (χ0v) is 8.30. The molecule has 0 fully saturated rings. The molecular formula is C9H13N3O2. The lowest BCUT2D eigenvalue weighted by Gasteiger charge is -2.10. The lowest BCUT2D eigenvalue weighted by atomic mass is 10.3. The van der Waals surface area contributed by atoms with Crippen molar-refractivity contribution in [3.8, 4) is 0 Å². The van der Waals surface area contributed by atoms with E-state index in [1.807, 2.05) is 0 Å². The normalized spacial score (nSPS) is 9.86. The molecule has 1 aromatic rings. The summed E-state index contributed by atoms with van der Waals surface area (Å²) in [6, 6.07) is 0. The number of nitrogens with zero attached hydrogens (tertiary/aromatic N) is 3. The lowest BCUT2D eigenvalue weighted by Crippen LogP contribution is -2.23. The molecule has 0 radical (unpaired) electrons. The quantitative estimate of drug-likeness (QED) is 0.644. The minimum Gasteiger partial charge on any atom is -0.349 e. The van der Waals surface area contributed by atoms with Crippen LogP contribution in [0.1, 0.15) is 16.9 Å². The standard InChI is InChI=1S/C9H13N3O2/c1-11(2)9(14)3-4-12-7-10-5-8(12)6-13/h5-7H,3-4H2,1-2H3. The molecule has 1 rings (SSSR count). The molecule has 0 aliphatic heterocycles. The summed E-state index contributed by atoms with van der Waals surface area (Å²) in [4.78, 5) is 27.1. The van der Waals surface area contributed by atoms with Crippen molar-refractivity contribution in [3.63, 3.8) is 0 Å². The summed E-state index contributed by atoms with van der Waals surface area (Å²) in [5.74, 6) is 0.0375. The van der Waals surface area contributed by atoms with Crippen molar-refractivity contribution in [2.75, 3.05) is 14.1 Å². The van der Waals surface area contributed by atoms with Crippen molar-refractivity contribution < 1.29 is 9.59 Å². The van der Waals surface area contributed by atoms with Crippen molar-refractivity contribution in [1.82, 2.24) is 14.5 Å². The van der Waals surface area contributed by atoms with E-state index in [-0.39, 0.29) is 5.91 Å².